The Morgan fingerprint density at radius 1 is 1.26 bits per heavy atom. The zero-order valence-corrected chi connectivity index (χ0v) is 17.8. The molecule has 1 amide bonds. The number of hydrogen-bond donors (Lipinski definition) is 3. The van der Waals surface area contributed by atoms with Gasteiger partial charge in [-0.2, -0.15) is 0 Å². The Hall–Kier alpha value is -2.12. The molecule has 6 nitrogen and oxygen atoms in total. The number of aryl methyl sites for hydroxylation is 2. The maximum Gasteiger partial charge on any atom is 0.413 e. The van der Waals surface area contributed by atoms with Gasteiger partial charge in [0, 0.05) is 5.69 Å². The minimum absolute atomic E-state index is 0.326. The third-order valence-corrected chi connectivity index (χ3v) is 5.02. The number of para-hydroxylation sites is 1. The molecule has 0 unspecified atom stereocenters. The zero-order chi connectivity index (χ0) is 20.4. The topological polar surface area (TPSA) is 83.5 Å². The van der Waals surface area contributed by atoms with E-state index in [-0.39, 0.29) is 0 Å². The van der Waals surface area contributed by atoms with Crippen molar-refractivity contribution >= 4 is 28.2 Å². The molecule has 1 heterocycles. The van der Waals surface area contributed by atoms with Gasteiger partial charge >= 0.3 is 6.09 Å². The number of hydrogen-bond acceptors (Lipinski definition) is 6. The molecule has 1 aromatic heterocycles. The first-order valence-corrected chi connectivity index (χ1v) is 9.81. The van der Waals surface area contributed by atoms with Crippen LogP contribution in [0.1, 0.15) is 68.5 Å². The molecular weight excluding hydrogens is 362 g/mol. The first kappa shape index (κ1) is 21.2. The standard InChI is InChI=1S/C20H29N3O3S/c1-11(2)14-10-8-9-12(3)15(14)22-17(24)16-13(4)21-18(27-16)23-19(25)26-20(5,6)7/h8-11,17,22,24H,1-7H3,(H,21,23,25)/t17-/m1/s1. The second-order valence-corrected chi connectivity index (χ2v) is 8.87. The maximum atomic E-state index is 11.9. The SMILES string of the molecule is Cc1cccc(C(C)C)c1N[C@H](O)c1sc(NC(=O)OC(C)(C)C)nc1C. The van der Waals surface area contributed by atoms with E-state index in [1.54, 1.807) is 27.7 Å². The predicted molar refractivity (Wildman–Crippen MR) is 111 cm³/mol. The third-order valence-electron chi connectivity index (χ3n) is 3.90. The number of amides is 1. The molecule has 0 saturated carbocycles. The molecule has 3 N–H and O–H groups in total. The summed E-state index contributed by atoms with van der Waals surface area (Å²) < 4.78 is 5.24. The van der Waals surface area contributed by atoms with Crippen LogP contribution in [-0.2, 0) is 4.74 Å². The van der Waals surface area contributed by atoms with E-state index in [4.69, 9.17) is 4.74 Å². The van der Waals surface area contributed by atoms with E-state index in [0.29, 0.717) is 21.6 Å². The van der Waals surface area contributed by atoms with Gasteiger partial charge in [0.25, 0.3) is 0 Å². The molecule has 2 rings (SSSR count). The monoisotopic (exact) mass is 391 g/mol. The van der Waals surface area contributed by atoms with E-state index in [1.807, 2.05) is 19.1 Å². The fraction of sp³-hybridized carbons (Fsp3) is 0.500. The number of thiazole rings is 1. The second kappa shape index (κ2) is 8.27. The van der Waals surface area contributed by atoms with Crippen LogP contribution < -0.4 is 10.6 Å². The highest BCUT2D eigenvalue weighted by Gasteiger charge is 2.21. The van der Waals surface area contributed by atoms with Crippen LogP contribution in [0.25, 0.3) is 0 Å². The average Bonchev–Trinajstić information content (AvgIpc) is 2.87. The summed E-state index contributed by atoms with van der Waals surface area (Å²) in [4.78, 5) is 16.9. The summed E-state index contributed by atoms with van der Waals surface area (Å²) in [6, 6.07) is 6.08. The second-order valence-electron chi connectivity index (χ2n) is 7.84. The van der Waals surface area contributed by atoms with E-state index in [9.17, 15) is 9.90 Å². The lowest BCUT2D eigenvalue weighted by Crippen LogP contribution is -2.27. The number of aliphatic hydroxyl groups excluding tert-OH is 1. The Labute approximate surface area is 165 Å². The van der Waals surface area contributed by atoms with Crippen molar-refractivity contribution in [2.75, 3.05) is 10.6 Å². The van der Waals surface area contributed by atoms with Crippen LogP contribution in [0.2, 0.25) is 0 Å². The summed E-state index contributed by atoms with van der Waals surface area (Å²) >= 11 is 1.23. The van der Waals surface area contributed by atoms with Gasteiger partial charge in [-0.3, -0.25) is 5.32 Å². The quantitative estimate of drug-likeness (QED) is 0.600. The largest absolute Gasteiger partial charge is 0.444 e. The maximum absolute atomic E-state index is 11.9. The number of rotatable bonds is 5. The van der Waals surface area contributed by atoms with Crippen molar-refractivity contribution in [3.8, 4) is 0 Å². The molecular formula is C20H29N3O3S. The van der Waals surface area contributed by atoms with E-state index >= 15 is 0 Å². The first-order valence-electron chi connectivity index (χ1n) is 8.99. The van der Waals surface area contributed by atoms with E-state index in [1.165, 1.54) is 11.3 Å². The van der Waals surface area contributed by atoms with Crippen LogP contribution in [0.5, 0.6) is 0 Å². The molecule has 0 spiro atoms. The van der Waals surface area contributed by atoms with E-state index in [0.717, 1.165) is 16.8 Å². The fourth-order valence-corrected chi connectivity index (χ4v) is 3.57. The number of nitrogens with one attached hydrogen (secondary N) is 2. The summed E-state index contributed by atoms with van der Waals surface area (Å²) in [6.45, 7) is 13.4. The van der Waals surface area contributed by atoms with Gasteiger partial charge < -0.3 is 15.2 Å². The van der Waals surface area contributed by atoms with E-state index in [2.05, 4.69) is 35.5 Å². The van der Waals surface area contributed by atoms with Crippen molar-refractivity contribution in [3.05, 3.63) is 39.9 Å². The van der Waals surface area contributed by atoms with Gasteiger partial charge in [-0.05, 0) is 51.7 Å². The molecule has 148 valence electrons. The van der Waals surface area contributed by atoms with Crippen LogP contribution >= 0.6 is 11.3 Å². The van der Waals surface area contributed by atoms with Gasteiger partial charge in [0.1, 0.15) is 5.60 Å². The Morgan fingerprint density at radius 3 is 2.52 bits per heavy atom. The van der Waals surface area contributed by atoms with Crippen LogP contribution in [0, 0.1) is 13.8 Å². The summed E-state index contributed by atoms with van der Waals surface area (Å²) in [6.07, 6.45) is -1.48. The molecule has 0 aliphatic rings. The molecule has 0 radical (unpaired) electrons. The van der Waals surface area contributed by atoms with Gasteiger partial charge in [0.15, 0.2) is 11.4 Å². The molecule has 7 heteroatoms. The van der Waals surface area contributed by atoms with Gasteiger partial charge in [-0.25, -0.2) is 9.78 Å². The number of benzene rings is 1. The summed E-state index contributed by atoms with van der Waals surface area (Å²) in [5.41, 5.74) is 3.20. The van der Waals surface area contributed by atoms with Crippen LogP contribution in [0.4, 0.5) is 15.6 Å². The smallest absolute Gasteiger partial charge is 0.413 e. The highest BCUT2D eigenvalue weighted by Crippen LogP contribution is 2.33. The summed E-state index contributed by atoms with van der Waals surface area (Å²) in [5.74, 6) is 0.326. The molecule has 0 aliphatic heterocycles. The van der Waals surface area contributed by atoms with Crippen LogP contribution in [-0.4, -0.2) is 21.8 Å². The van der Waals surface area contributed by atoms with E-state index < -0.39 is 17.9 Å². The van der Waals surface area contributed by atoms with Crippen LogP contribution in [0.3, 0.4) is 0 Å². The van der Waals surface area contributed by atoms with Gasteiger partial charge in [-0.1, -0.05) is 43.4 Å². The molecule has 2 aromatic rings. The van der Waals surface area contributed by atoms with Gasteiger partial charge in [0.05, 0.1) is 10.6 Å². The molecule has 0 aliphatic carbocycles. The summed E-state index contributed by atoms with van der Waals surface area (Å²) in [5, 5.41) is 17.0. The Kier molecular flexibility index (Phi) is 6.49. The molecule has 0 saturated heterocycles. The first-order chi connectivity index (χ1) is 12.5. The van der Waals surface area contributed by atoms with Crippen molar-refractivity contribution < 1.29 is 14.6 Å². The number of carbonyl (C=O) groups excluding carboxylic acids is 1. The van der Waals surface area contributed by atoms with Crippen LogP contribution in [0.15, 0.2) is 18.2 Å². The molecule has 0 fully saturated rings. The average molecular weight is 392 g/mol. The fourth-order valence-electron chi connectivity index (χ4n) is 2.68. The minimum atomic E-state index is -0.921. The number of carbonyl (C=O) groups is 1. The number of aliphatic hydroxyl groups is 1. The third kappa shape index (κ3) is 5.68. The van der Waals surface area contributed by atoms with Crippen molar-refractivity contribution in [2.45, 2.75) is 66.2 Å². The lowest BCUT2D eigenvalue weighted by molar-refractivity contribution is 0.0636. The molecule has 1 atom stereocenters. The Morgan fingerprint density at radius 2 is 1.93 bits per heavy atom. The van der Waals surface area contributed by atoms with Crippen molar-refractivity contribution in [2.24, 2.45) is 0 Å². The number of ether oxygens (including phenoxy) is 1. The number of nitrogens with zero attached hydrogens (tertiary/aromatic N) is 1. The van der Waals surface area contributed by atoms with Crippen molar-refractivity contribution in [1.29, 1.82) is 0 Å². The normalized spacial score (nSPS) is 12.8. The molecule has 27 heavy (non-hydrogen) atoms. The predicted octanol–water partition coefficient (Wildman–Crippen LogP) is 5.33. The lowest BCUT2D eigenvalue weighted by Gasteiger charge is -2.20. The minimum Gasteiger partial charge on any atom is -0.444 e. The molecule has 1 aromatic carbocycles. The van der Waals surface area contributed by atoms with Gasteiger partial charge in [0.2, 0.25) is 0 Å². The summed E-state index contributed by atoms with van der Waals surface area (Å²) in [7, 11) is 0. The highest BCUT2D eigenvalue weighted by molar-refractivity contribution is 7.16. The zero-order valence-electron chi connectivity index (χ0n) is 17.0. The Bertz CT molecular complexity index is 809. The Balaban J connectivity index is 2.18. The van der Waals surface area contributed by atoms with Crippen molar-refractivity contribution in [3.63, 3.8) is 0 Å². The van der Waals surface area contributed by atoms with Gasteiger partial charge in [-0.15, -0.1) is 0 Å². The number of anilines is 2. The van der Waals surface area contributed by atoms with Crippen molar-refractivity contribution in [1.82, 2.24) is 4.98 Å². The lowest BCUT2D eigenvalue weighted by atomic mass is 9.98. The molecule has 0 bridgehead atoms. The highest BCUT2D eigenvalue weighted by atomic mass is 32.1. The number of aromatic nitrogens is 1.